The lowest BCUT2D eigenvalue weighted by Gasteiger charge is -2.48. The number of hydrogen-bond acceptors (Lipinski definition) is 7. The van der Waals surface area contributed by atoms with E-state index < -0.39 is 11.9 Å². The SMILES string of the molecule is C=C/C=C/CC/C(C)=C\C(=O)O[C@@H]1C[C@@H](CCCC=C)O[C@@](OC)([C@@H]2CSC(=O)N2Cc2ccc(OC)cc2)C1. The number of amides is 1. The number of benzene rings is 1. The van der Waals surface area contributed by atoms with Gasteiger partial charge in [0.25, 0.3) is 5.24 Å². The number of rotatable bonds is 15. The first-order valence-corrected chi connectivity index (χ1v) is 14.9. The number of allylic oxidation sites excluding steroid dienone is 5. The van der Waals surface area contributed by atoms with E-state index in [4.69, 9.17) is 18.9 Å². The molecular weight excluding hydrogens is 526 g/mol. The van der Waals surface area contributed by atoms with Crippen molar-refractivity contribution in [2.45, 2.75) is 82.5 Å². The number of thioether (sulfide) groups is 1. The summed E-state index contributed by atoms with van der Waals surface area (Å²) < 4.78 is 24.1. The van der Waals surface area contributed by atoms with Crippen LogP contribution in [0.1, 0.15) is 57.4 Å². The first-order chi connectivity index (χ1) is 19.3. The van der Waals surface area contributed by atoms with Gasteiger partial charge in [-0.1, -0.05) is 60.4 Å². The van der Waals surface area contributed by atoms with Crippen molar-refractivity contribution in [1.82, 2.24) is 4.90 Å². The van der Waals surface area contributed by atoms with E-state index in [9.17, 15) is 9.59 Å². The first kappa shape index (κ1) is 31.7. The summed E-state index contributed by atoms with van der Waals surface area (Å²) >= 11 is 1.27. The number of carbonyl (C=O) groups excluding carboxylic acids is 2. The first-order valence-electron chi connectivity index (χ1n) is 13.9. The molecule has 1 aromatic rings. The smallest absolute Gasteiger partial charge is 0.330 e. The van der Waals surface area contributed by atoms with Crippen LogP contribution in [0, 0.1) is 0 Å². The van der Waals surface area contributed by atoms with Crippen molar-refractivity contribution in [2.75, 3.05) is 20.0 Å². The summed E-state index contributed by atoms with van der Waals surface area (Å²) in [6.45, 7) is 9.86. The van der Waals surface area contributed by atoms with Gasteiger partial charge in [0.15, 0.2) is 5.79 Å². The van der Waals surface area contributed by atoms with Crippen LogP contribution >= 0.6 is 11.8 Å². The Kier molecular flexibility index (Phi) is 12.6. The van der Waals surface area contributed by atoms with Crippen LogP contribution in [0.4, 0.5) is 4.79 Å². The van der Waals surface area contributed by atoms with E-state index in [1.54, 1.807) is 26.4 Å². The molecule has 4 atom stereocenters. The highest BCUT2D eigenvalue weighted by molar-refractivity contribution is 8.13. The summed E-state index contributed by atoms with van der Waals surface area (Å²) in [5, 5.41) is -0.0211. The van der Waals surface area contributed by atoms with Gasteiger partial charge in [0.05, 0.1) is 19.3 Å². The van der Waals surface area contributed by atoms with Crippen LogP contribution in [0.3, 0.4) is 0 Å². The molecule has 7 nitrogen and oxygen atoms in total. The van der Waals surface area contributed by atoms with Crippen LogP contribution < -0.4 is 4.74 Å². The molecule has 0 aliphatic carbocycles. The number of hydrogen-bond donors (Lipinski definition) is 0. The third-order valence-electron chi connectivity index (χ3n) is 7.30. The summed E-state index contributed by atoms with van der Waals surface area (Å²) in [7, 11) is 3.24. The molecule has 0 radical (unpaired) electrons. The summed E-state index contributed by atoms with van der Waals surface area (Å²) in [4.78, 5) is 27.8. The van der Waals surface area contributed by atoms with Crippen molar-refractivity contribution in [2.24, 2.45) is 0 Å². The van der Waals surface area contributed by atoms with Gasteiger partial charge in [-0.2, -0.15) is 0 Å². The number of esters is 1. The fraction of sp³-hybridized carbons (Fsp3) is 0.500. The van der Waals surface area contributed by atoms with Crippen LogP contribution in [-0.2, 0) is 25.5 Å². The molecule has 40 heavy (non-hydrogen) atoms. The quantitative estimate of drug-likeness (QED) is 0.0741. The van der Waals surface area contributed by atoms with Crippen LogP contribution in [0.2, 0.25) is 0 Å². The lowest BCUT2D eigenvalue weighted by molar-refractivity contribution is -0.305. The maximum absolute atomic E-state index is 13.1. The zero-order chi connectivity index (χ0) is 29.0. The van der Waals surface area contributed by atoms with Crippen LogP contribution in [0.15, 0.2) is 73.4 Å². The molecule has 2 aliphatic heterocycles. The average Bonchev–Trinajstić information content (AvgIpc) is 3.31. The predicted molar refractivity (Wildman–Crippen MR) is 160 cm³/mol. The molecule has 2 aliphatic rings. The van der Waals surface area contributed by atoms with Gasteiger partial charge in [-0.05, 0) is 56.7 Å². The molecule has 0 bridgehead atoms. The van der Waals surface area contributed by atoms with E-state index in [0.717, 1.165) is 49.0 Å². The lowest BCUT2D eigenvalue weighted by Crippen LogP contribution is -2.60. The maximum atomic E-state index is 13.1. The third-order valence-corrected chi connectivity index (χ3v) is 8.27. The van der Waals surface area contributed by atoms with Crippen LogP contribution in [-0.4, -0.2) is 60.1 Å². The van der Waals surface area contributed by atoms with E-state index >= 15 is 0 Å². The minimum Gasteiger partial charge on any atom is -0.497 e. The number of ether oxygens (including phenoxy) is 4. The van der Waals surface area contributed by atoms with Crippen molar-refractivity contribution in [3.05, 3.63) is 78.9 Å². The number of unbranched alkanes of at least 4 members (excludes halogenated alkanes) is 1. The van der Waals surface area contributed by atoms with Gasteiger partial charge in [0.2, 0.25) is 0 Å². The number of nitrogens with zero attached hydrogens (tertiary/aromatic N) is 1. The Morgan fingerprint density at radius 3 is 2.67 bits per heavy atom. The average molecular weight is 570 g/mol. The predicted octanol–water partition coefficient (Wildman–Crippen LogP) is 6.99. The maximum Gasteiger partial charge on any atom is 0.330 e. The third kappa shape index (κ3) is 8.85. The second kappa shape index (κ2) is 15.8. The van der Waals surface area contributed by atoms with Crippen LogP contribution in [0.5, 0.6) is 5.75 Å². The highest BCUT2D eigenvalue weighted by Crippen LogP contribution is 2.42. The van der Waals surface area contributed by atoms with E-state index in [0.29, 0.717) is 25.1 Å². The van der Waals surface area contributed by atoms with Gasteiger partial charge < -0.3 is 23.8 Å². The Labute approximate surface area is 243 Å². The Morgan fingerprint density at radius 1 is 1.23 bits per heavy atom. The van der Waals surface area contributed by atoms with Gasteiger partial charge in [-0.25, -0.2) is 4.79 Å². The fourth-order valence-electron chi connectivity index (χ4n) is 5.20. The van der Waals surface area contributed by atoms with Crippen molar-refractivity contribution in [1.29, 1.82) is 0 Å². The van der Waals surface area contributed by atoms with Gasteiger partial charge in [-0.15, -0.1) is 6.58 Å². The van der Waals surface area contributed by atoms with Gasteiger partial charge in [0, 0.05) is 38.3 Å². The molecule has 1 amide bonds. The monoisotopic (exact) mass is 569 g/mol. The van der Waals surface area contributed by atoms with E-state index in [1.807, 2.05) is 54.3 Å². The minimum absolute atomic E-state index is 0.0211. The van der Waals surface area contributed by atoms with Crippen molar-refractivity contribution < 1.29 is 28.5 Å². The van der Waals surface area contributed by atoms with E-state index in [1.165, 1.54) is 11.8 Å². The van der Waals surface area contributed by atoms with Crippen LogP contribution in [0.25, 0.3) is 0 Å². The largest absolute Gasteiger partial charge is 0.497 e. The summed E-state index contributed by atoms with van der Waals surface area (Å²) in [6.07, 6.45) is 13.6. The van der Waals surface area contributed by atoms with Gasteiger partial charge >= 0.3 is 5.97 Å². The van der Waals surface area contributed by atoms with Crippen molar-refractivity contribution in [3.63, 3.8) is 0 Å². The highest BCUT2D eigenvalue weighted by atomic mass is 32.2. The molecule has 218 valence electrons. The van der Waals surface area contributed by atoms with E-state index in [2.05, 4.69) is 13.2 Å². The molecule has 3 rings (SSSR count). The molecule has 8 heteroatoms. The molecule has 0 spiro atoms. The van der Waals surface area contributed by atoms with Crippen molar-refractivity contribution in [3.8, 4) is 5.75 Å². The summed E-state index contributed by atoms with van der Waals surface area (Å²) in [5.74, 6) is -0.169. The molecule has 2 heterocycles. The Bertz CT molecular complexity index is 1070. The Morgan fingerprint density at radius 2 is 2.00 bits per heavy atom. The summed E-state index contributed by atoms with van der Waals surface area (Å²) in [6, 6.07) is 7.35. The molecule has 2 saturated heterocycles. The highest BCUT2D eigenvalue weighted by Gasteiger charge is 2.54. The molecule has 0 saturated carbocycles. The van der Waals surface area contributed by atoms with Crippen molar-refractivity contribution >= 4 is 23.0 Å². The standard InChI is InChI=1S/C32H43NO6S/c1-6-8-10-12-13-24(3)19-30(34)38-28-20-27(14-11-9-7-2)39-32(21-28,37-5)29-23-40-31(35)33(29)22-25-15-17-26(36-4)18-16-25/h6-8,10,15-19,27-29H,1-2,9,11-14,20-23H2,3-5H3/b10-8+,24-19-/t27-,28-,29+,32-/m1/s1. The fourth-order valence-corrected chi connectivity index (χ4v) is 6.29. The van der Waals surface area contributed by atoms with E-state index in [-0.39, 0.29) is 23.4 Å². The minimum atomic E-state index is -1.10. The van der Waals surface area contributed by atoms with Gasteiger partial charge in [0.1, 0.15) is 11.9 Å². The molecule has 0 aromatic heterocycles. The second-order valence-electron chi connectivity index (χ2n) is 10.2. The molecule has 2 fully saturated rings. The topological polar surface area (TPSA) is 74.3 Å². The normalized spacial score (nSPS) is 25.3. The number of methoxy groups -OCH3 is 2. The zero-order valence-electron chi connectivity index (χ0n) is 24.0. The molecule has 0 unspecified atom stereocenters. The Balaban J connectivity index is 1.79. The number of carbonyl (C=O) groups is 2. The molecule has 1 aromatic carbocycles. The molecule has 0 N–H and O–H groups in total. The zero-order valence-corrected chi connectivity index (χ0v) is 24.8. The Hall–Kier alpha value is -2.81. The lowest BCUT2D eigenvalue weighted by atomic mass is 9.90. The summed E-state index contributed by atoms with van der Waals surface area (Å²) in [5.41, 5.74) is 1.94. The second-order valence-corrected chi connectivity index (χ2v) is 11.2. The van der Waals surface area contributed by atoms with Gasteiger partial charge in [-0.3, -0.25) is 4.79 Å². The molecular formula is C32H43NO6S.